The van der Waals surface area contributed by atoms with Crippen LogP contribution >= 0.6 is 11.6 Å². The number of nitrogens with zero attached hydrogens (tertiary/aromatic N) is 2. The summed E-state index contributed by atoms with van der Waals surface area (Å²) in [5.74, 6) is 1.06. The maximum absolute atomic E-state index is 5.95. The van der Waals surface area contributed by atoms with Crippen molar-refractivity contribution in [1.29, 1.82) is 0 Å². The van der Waals surface area contributed by atoms with E-state index in [9.17, 15) is 0 Å². The Labute approximate surface area is 105 Å². The van der Waals surface area contributed by atoms with E-state index in [1.165, 1.54) is 12.8 Å². The molecular weight excluding hydrogens is 236 g/mol. The summed E-state index contributed by atoms with van der Waals surface area (Å²) in [4.78, 5) is 4.45. The molecule has 3 nitrogen and oxygen atoms in total. The molecule has 1 aliphatic heterocycles. The molecule has 1 fully saturated rings. The Morgan fingerprint density at radius 2 is 2.41 bits per heavy atom. The van der Waals surface area contributed by atoms with Crippen LogP contribution in [0.15, 0.2) is 24.5 Å². The quantitative estimate of drug-likeness (QED) is 0.819. The van der Waals surface area contributed by atoms with E-state index in [2.05, 4.69) is 9.38 Å². The topological polar surface area (TPSA) is 26.5 Å². The molecule has 3 heterocycles. The molecule has 1 aliphatic rings. The fourth-order valence-corrected chi connectivity index (χ4v) is 2.52. The van der Waals surface area contributed by atoms with Crippen LogP contribution in [0.2, 0.25) is 5.02 Å². The predicted molar refractivity (Wildman–Crippen MR) is 67.5 cm³/mol. The first-order valence-corrected chi connectivity index (χ1v) is 6.44. The van der Waals surface area contributed by atoms with Gasteiger partial charge in [-0.25, -0.2) is 4.98 Å². The normalized spacial score (nSPS) is 20.9. The average Bonchev–Trinajstić information content (AvgIpc) is 2.73. The summed E-state index contributed by atoms with van der Waals surface area (Å²) >= 11 is 5.95. The Kier molecular flexibility index (Phi) is 3.04. The third-order valence-electron chi connectivity index (χ3n) is 3.25. The van der Waals surface area contributed by atoms with Gasteiger partial charge >= 0.3 is 0 Å². The Balaban J connectivity index is 1.84. The summed E-state index contributed by atoms with van der Waals surface area (Å²) in [5.41, 5.74) is 1.04. The molecule has 0 aliphatic carbocycles. The minimum absolute atomic E-state index is 0.324. The van der Waals surface area contributed by atoms with Crippen LogP contribution in [0.4, 0.5) is 0 Å². The lowest BCUT2D eigenvalue weighted by atomic mass is 10.1. The van der Waals surface area contributed by atoms with E-state index in [-0.39, 0.29) is 0 Å². The number of hydrogen-bond acceptors (Lipinski definition) is 2. The lowest BCUT2D eigenvalue weighted by Gasteiger charge is -2.21. The zero-order valence-corrected chi connectivity index (χ0v) is 10.4. The molecule has 2 aromatic rings. The van der Waals surface area contributed by atoms with Gasteiger partial charge in [0.15, 0.2) is 0 Å². The van der Waals surface area contributed by atoms with Crippen LogP contribution in [-0.4, -0.2) is 22.1 Å². The van der Waals surface area contributed by atoms with Gasteiger partial charge in [-0.15, -0.1) is 0 Å². The van der Waals surface area contributed by atoms with E-state index < -0.39 is 0 Å². The number of hydrogen-bond donors (Lipinski definition) is 0. The third-order valence-corrected chi connectivity index (χ3v) is 3.49. The van der Waals surface area contributed by atoms with Gasteiger partial charge in [-0.2, -0.15) is 0 Å². The summed E-state index contributed by atoms with van der Waals surface area (Å²) in [6.07, 6.45) is 8.64. The monoisotopic (exact) mass is 250 g/mol. The van der Waals surface area contributed by atoms with Gasteiger partial charge in [0.05, 0.1) is 17.8 Å². The summed E-state index contributed by atoms with van der Waals surface area (Å²) < 4.78 is 7.83. The van der Waals surface area contributed by atoms with Gasteiger partial charge in [0.2, 0.25) is 0 Å². The molecule has 2 aromatic heterocycles. The van der Waals surface area contributed by atoms with Crippen molar-refractivity contribution >= 4 is 17.1 Å². The van der Waals surface area contributed by atoms with Crippen LogP contribution in [0, 0.1) is 0 Å². The molecule has 0 aromatic carbocycles. The summed E-state index contributed by atoms with van der Waals surface area (Å²) in [5, 5.41) is 0.748. The molecule has 0 radical (unpaired) electrons. The van der Waals surface area contributed by atoms with Crippen LogP contribution in [0.5, 0.6) is 0 Å². The highest BCUT2D eigenvalue weighted by Crippen LogP contribution is 2.19. The highest BCUT2D eigenvalue weighted by molar-refractivity contribution is 6.30. The van der Waals surface area contributed by atoms with E-state index in [0.717, 1.165) is 35.8 Å². The number of aromatic nitrogens is 2. The first kappa shape index (κ1) is 11.1. The lowest BCUT2D eigenvalue weighted by molar-refractivity contribution is 0.0156. The van der Waals surface area contributed by atoms with E-state index in [1.54, 1.807) is 0 Å². The van der Waals surface area contributed by atoms with Gasteiger partial charge < -0.3 is 9.14 Å². The van der Waals surface area contributed by atoms with Gasteiger partial charge in [0.1, 0.15) is 5.82 Å². The highest BCUT2D eigenvalue weighted by Gasteiger charge is 2.16. The standard InChI is InChI=1S/C13H15ClN2O/c14-10-4-5-16-11(7-10)9-15-13(16)8-12-3-1-2-6-17-12/h4-5,7,9,12H,1-3,6,8H2. The molecule has 0 bridgehead atoms. The highest BCUT2D eigenvalue weighted by atomic mass is 35.5. The fourth-order valence-electron chi connectivity index (χ4n) is 2.35. The Morgan fingerprint density at radius 3 is 3.24 bits per heavy atom. The van der Waals surface area contributed by atoms with Crippen molar-refractivity contribution < 1.29 is 4.74 Å². The lowest BCUT2D eigenvalue weighted by Crippen LogP contribution is -2.22. The summed E-state index contributed by atoms with van der Waals surface area (Å²) in [6.45, 7) is 0.889. The van der Waals surface area contributed by atoms with Crippen LogP contribution in [0.3, 0.4) is 0 Å². The van der Waals surface area contributed by atoms with Crippen molar-refractivity contribution in [2.45, 2.75) is 31.8 Å². The second-order valence-corrected chi connectivity index (χ2v) is 4.94. The fraction of sp³-hybridized carbons (Fsp3) is 0.462. The molecule has 90 valence electrons. The van der Waals surface area contributed by atoms with Crippen molar-refractivity contribution in [2.75, 3.05) is 6.61 Å². The number of rotatable bonds is 2. The maximum Gasteiger partial charge on any atom is 0.115 e. The van der Waals surface area contributed by atoms with Gasteiger partial charge in [-0.3, -0.25) is 0 Å². The van der Waals surface area contributed by atoms with E-state index in [4.69, 9.17) is 16.3 Å². The molecule has 1 saturated heterocycles. The van der Waals surface area contributed by atoms with Gasteiger partial charge in [-0.1, -0.05) is 11.6 Å². The minimum Gasteiger partial charge on any atom is -0.378 e. The van der Waals surface area contributed by atoms with Crippen molar-refractivity contribution in [3.63, 3.8) is 0 Å². The number of pyridine rings is 1. The number of imidazole rings is 1. The molecule has 0 spiro atoms. The molecule has 0 amide bonds. The summed E-state index contributed by atoms with van der Waals surface area (Å²) in [7, 11) is 0. The van der Waals surface area contributed by atoms with Crippen molar-refractivity contribution in [1.82, 2.24) is 9.38 Å². The van der Waals surface area contributed by atoms with E-state index in [0.29, 0.717) is 6.10 Å². The molecular formula is C13H15ClN2O. The van der Waals surface area contributed by atoms with Crippen LogP contribution in [0.25, 0.3) is 5.52 Å². The molecule has 0 saturated carbocycles. The maximum atomic E-state index is 5.95. The third kappa shape index (κ3) is 2.31. The Morgan fingerprint density at radius 1 is 1.47 bits per heavy atom. The average molecular weight is 251 g/mol. The van der Waals surface area contributed by atoms with Gasteiger partial charge in [0, 0.05) is 24.2 Å². The van der Waals surface area contributed by atoms with E-state index >= 15 is 0 Å². The second kappa shape index (κ2) is 4.67. The van der Waals surface area contributed by atoms with Crippen molar-refractivity contribution in [3.05, 3.63) is 35.4 Å². The van der Waals surface area contributed by atoms with Gasteiger partial charge in [-0.05, 0) is 31.4 Å². The molecule has 4 heteroatoms. The Bertz CT molecular complexity index is 517. The minimum atomic E-state index is 0.324. The smallest absolute Gasteiger partial charge is 0.115 e. The van der Waals surface area contributed by atoms with Gasteiger partial charge in [0.25, 0.3) is 0 Å². The largest absolute Gasteiger partial charge is 0.378 e. The number of ether oxygens (including phenoxy) is 1. The first-order valence-electron chi connectivity index (χ1n) is 6.06. The molecule has 0 N–H and O–H groups in total. The predicted octanol–water partition coefficient (Wildman–Crippen LogP) is 3.10. The van der Waals surface area contributed by atoms with Crippen molar-refractivity contribution in [3.8, 4) is 0 Å². The second-order valence-electron chi connectivity index (χ2n) is 4.51. The number of fused-ring (bicyclic) bond motifs is 1. The zero-order chi connectivity index (χ0) is 11.7. The molecule has 3 rings (SSSR count). The Hall–Kier alpha value is -1.06. The van der Waals surface area contributed by atoms with Crippen LogP contribution in [-0.2, 0) is 11.2 Å². The molecule has 1 atom stereocenters. The molecule has 1 unspecified atom stereocenters. The SMILES string of the molecule is Clc1ccn2c(CC3CCCCO3)ncc2c1. The number of halogens is 1. The van der Waals surface area contributed by atoms with Crippen LogP contribution in [0.1, 0.15) is 25.1 Å². The molecule has 17 heavy (non-hydrogen) atoms. The summed E-state index contributed by atoms with van der Waals surface area (Å²) in [6, 6.07) is 3.82. The van der Waals surface area contributed by atoms with Crippen molar-refractivity contribution in [2.24, 2.45) is 0 Å². The first-order chi connectivity index (χ1) is 8.33. The zero-order valence-electron chi connectivity index (χ0n) is 9.60. The van der Waals surface area contributed by atoms with E-state index in [1.807, 2.05) is 24.5 Å². The van der Waals surface area contributed by atoms with Crippen LogP contribution < -0.4 is 0 Å².